The Morgan fingerprint density at radius 2 is 1.76 bits per heavy atom. The number of nitrogens with two attached hydrogens (primary N) is 1. The lowest BCUT2D eigenvalue weighted by molar-refractivity contribution is 0.141. The summed E-state index contributed by atoms with van der Waals surface area (Å²) in [6.07, 6.45) is 7.40. The molecule has 2 aliphatic heterocycles. The van der Waals surface area contributed by atoms with Gasteiger partial charge in [0, 0.05) is 69.2 Å². The van der Waals surface area contributed by atoms with Gasteiger partial charge in [-0.15, -0.1) is 0 Å². The summed E-state index contributed by atoms with van der Waals surface area (Å²) in [7, 11) is 0. The molecular formula is C26H32F2N8O. The number of halogens is 2. The van der Waals surface area contributed by atoms with Crippen molar-refractivity contribution in [3.63, 3.8) is 0 Å². The number of aliphatic hydroxyl groups excluding tert-OH is 1. The Labute approximate surface area is 214 Å². The Bertz CT molecular complexity index is 1250. The summed E-state index contributed by atoms with van der Waals surface area (Å²) in [4.78, 5) is 15.3. The first-order chi connectivity index (χ1) is 17.9. The van der Waals surface area contributed by atoms with Crippen molar-refractivity contribution in [3.05, 3.63) is 59.4 Å². The monoisotopic (exact) mass is 510 g/mol. The molecule has 2 saturated heterocycles. The van der Waals surface area contributed by atoms with Gasteiger partial charge in [-0.25, -0.2) is 13.5 Å². The Balaban J connectivity index is 1.24. The van der Waals surface area contributed by atoms with Gasteiger partial charge in [0.25, 0.3) is 5.95 Å². The molecule has 1 aromatic carbocycles. The lowest BCUT2D eigenvalue weighted by atomic mass is 10.1. The van der Waals surface area contributed by atoms with Crippen LogP contribution in [0.2, 0.25) is 0 Å². The van der Waals surface area contributed by atoms with Gasteiger partial charge in [0.05, 0.1) is 18.0 Å². The third kappa shape index (κ3) is 5.72. The largest absolute Gasteiger partial charge is 0.389 e. The van der Waals surface area contributed by atoms with Crippen LogP contribution >= 0.6 is 0 Å². The number of aliphatic hydroxyl groups is 1. The molecule has 4 heterocycles. The summed E-state index contributed by atoms with van der Waals surface area (Å²) in [6, 6.07) is 5.37. The van der Waals surface area contributed by atoms with Crippen LogP contribution in [0, 0.1) is 11.6 Å². The van der Waals surface area contributed by atoms with Crippen LogP contribution in [-0.2, 0) is 6.42 Å². The van der Waals surface area contributed by atoms with Crippen LogP contribution < -0.4 is 15.5 Å². The molecule has 0 atom stereocenters. The summed E-state index contributed by atoms with van der Waals surface area (Å²) in [5.41, 5.74) is 8.66. The number of hydrogen-bond acceptors (Lipinski definition) is 8. The third-order valence-corrected chi connectivity index (χ3v) is 6.73. The number of aromatic nitrogens is 4. The number of benzene rings is 1. The molecule has 0 unspecified atom stereocenters. The summed E-state index contributed by atoms with van der Waals surface area (Å²) < 4.78 is 28.9. The fourth-order valence-corrected chi connectivity index (χ4v) is 4.76. The highest BCUT2D eigenvalue weighted by Gasteiger charge is 2.27. The number of β-amino-alcohol motifs (C(OH)–C–C–N with tert-alkyl or cyclic N) is 1. The molecule has 3 aromatic rings. The van der Waals surface area contributed by atoms with E-state index in [9.17, 15) is 13.9 Å². The Morgan fingerprint density at radius 3 is 2.43 bits per heavy atom. The molecule has 0 amide bonds. The fraction of sp³-hybridized carbons (Fsp3) is 0.423. The molecule has 5 rings (SSSR count). The van der Waals surface area contributed by atoms with Gasteiger partial charge in [-0.1, -0.05) is 25.5 Å². The summed E-state index contributed by atoms with van der Waals surface area (Å²) in [6.45, 7) is 6.94. The zero-order valence-electron chi connectivity index (χ0n) is 20.9. The van der Waals surface area contributed by atoms with Gasteiger partial charge in [0.1, 0.15) is 23.3 Å². The normalized spacial score (nSPS) is 17.1. The van der Waals surface area contributed by atoms with Gasteiger partial charge >= 0.3 is 0 Å². The number of hydrogen-bond donors (Lipinski definition) is 2. The SMILES string of the molecule is CCCc1c(/C=C/CN2CCN(c3cc(F)cc(F)c3)CC2)cnn1-c1nc(N)cc(N2CC(O)C2)n1. The molecule has 9 nitrogen and oxygen atoms in total. The van der Waals surface area contributed by atoms with E-state index in [2.05, 4.69) is 39.0 Å². The van der Waals surface area contributed by atoms with Crippen LogP contribution in [0.25, 0.3) is 12.0 Å². The number of anilines is 3. The average molecular weight is 511 g/mol. The first-order valence-electron chi connectivity index (χ1n) is 12.6. The minimum Gasteiger partial charge on any atom is -0.389 e. The van der Waals surface area contributed by atoms with Crippen LogP contribution in [0.1, 0.15) is 24.6 Å². The van der Waals surface area contributed by atoms with Crippen molar-refractivity contribution in [2.24, 2.45) is 0 Å². The number of nitrogens with zero attached hydrogens (tertiary/aromatic N) is 7. The highest BCUT2D eigenvalue weighted by Crippen LogP contribution is 2.24. The van der Waals surface area contributed by atoms with Crippen molar-refractivity contribution >= 4 is 23.4 Å². The van der Waals surface area contributed by atoms with E-state index in [-0.39, 0.29) is 6.10 Å². The minimum atomic E-state index is -0.553. The predicted molar refractivity (Wildman–Crippen MR) is 140 cm³/mol. The highest BCUT2D eigenvalue weighted by atomic mass is 19.1. The van der Waals surface area contributed by atoms with Crippen LogP contribution in [0.4, 0.5) is 26.1 Å². The second-order valence-corrected chi connectivity index (χ2v) is 9.54. The topological polar surface area (TPSA) is 99.6 Å². The van der Waals surface area contributed by atoms with E-state index >= 15 is 0 Å². The quantitative estimate of drug-likeness (QED) is 0.477. The molecule has 11 heteroatoms. The van der Waals surface area contributed by atoms with E-state index in [1.54, 1.807) is 10.7 Å². The van der Waals surface area contributed by atoms with E-state index in [0.29, 0.717) is 49.5 Å². The van der Waals surface area contributed by atoms with Crippen molar-refractivity contribution in [1.82, 2.24) is 24.6 Å². The van der Waals surface area contributed by atoms with Gasteiger partial charge in [0.15, 0.2) is 0 Å². The lowest BCUT2D eigenvalue weighted by Gasteiger charge is -2.36. The number of piperazine rings is 1. The maximum absolute atomic E-state index is 13.6. The average Bonchev–Trinajstić information content (AvgIpc) is 3.24. The first-order valence-corrected chi connectivity index (χ1v) is 12.6. The zero-order valence-corrected chi connectivity index (χ0v) is 20.9. The Hall–Kier alpha value is -3.57. The van der Waals surface area contributed by atoms with Crippen molar-refractivity contribution < 1.29 is 13.9 Å². The van der Waals surface area contributed by atoms with Crippen molar-refractivity contribution in [2.75, 3.05) is 61.3 Å². The van der Waals surface area contributed by atoms with Crippen LogP contribution in [0.5, 0.6) is 0 Å². The van der Waals surface area contributed by atoms with E-state index < -0.39 is 11.6 Å². The smallest absolute Gasteiger partial charge is 0.254 e. The van der Waals surface area contributed by atoms with Crippen LogP contribution in [0.3, 0.4) is 0 Å². The summed E-state index contributed by atoms with van der Waals surface area (Å²) in [5.74, 6) is 0.356. The predicted octanol–water partition coefficient (Wildman–Crippen LogP) is 2.49. The molecule has 0 radical (unpaired) electrons. The van der Waals surface area contributed by atoms with Crippen molar-refractivity contribution in [1.29, 1.82) is 0 Å². The molecule has 2 fully saturated rings. The second-order valence-electron chi connectivity index (χ2n) is 9.54. The van der Waals surface area contributed by atoms with Gasteiger partial charge in [-0.2, -0.15) is 15.1 Å². The molecular weight excluding hydrogens is 478 g/mol. The van der Waals surface area contributed by atoms with Crippen LogP contribution in [-0.4, -0.2) is 81.7 Å². The molecule has 37 heavy (non-hydrogen) atoms. The molecule has 0 aliphatic carbocycles. The van der Waals surface area contributed by atoms with Gasteiger partial charge in [0.2, 0.25) is 0 Å². The maximum Gasteiger partial charge on any atom is 0.254 e. The van der Waals surface area contributed by atoms with Gasteiger partial charge in [-0.05, 0) is 18.6 Å². The van der Waals surface area contributed by atoms with E-state index in [0.717, 1.165) is 49.8 Å². The van der Waals surface area contributed by atoms with Crippen molar-refractivity contribution in [3.8, 4) is 5.95 Å². The molecule has 0 saturated carbocycles. The number of rotatable bonds is 8. The molecule has 0 bridgehead atoms. The molecule has 2 aliphatic rings. The van der Waals surface area contributed by atoms with Crippen LogP contribution in [0.15, 0.2) is 36.5 Å². The molecule has 3 N–H and O–H groups in total. The first kappa shape index (κ1) is 25.1. The van der Waals surface area contributed by atoms with Gasteiger partial charge < -0.3 is 20.6 Å². The van der Waals surface area contributed by atoms with Crippen molar-refractivity contribution in [2.45, 2.75) is 25.9 Å². The molecule has 2 aromatic heterocycles. The Kier molecular flexibility index (Phi) is 7.33. The second kappa shape index (κ2) is 10.8. The molecule has 196 valence electrons. The van der Waals surface area contributed by atoms with E-state index in [1.807, 2.05) is 16.0 Å². The van der Waals surface area contributed by atoms with Gasteiger partial charge in [-0.3, -0.25) is 4.90 Å². The number of nitrogen functional groups attached to an aromatic ring is 1. The standard InChI is InChI=1S/C26H32F2N8O/c1-2-4-23-18(15-30-36(23)26-31-24(29)14-25(32-26)35-16-22(37)17-35)5-3-6-33-7-9-34(10-8-33)21-12-19(27)11-20(28)13-21/h3,5,11-15,22,37H,2,4,6-10,16-17H2,1H3,(H2,29,31,32)/b5-3+. The third-order valence-electron chi connectivity index (χ3n) is 6.73. The lowest BCUT2D eigenvalue weighted by Crippen LogP contribution is -2.51. The molecule has 0 spiro atoms. The summed E-state index contributed by atoms with van der Waals surface area (Å²) in [5, 5.41) is 14.2. The van der Waals surface area contributed by atoms with E-state index in [4.69, 9.17) is 5.73 Å². The summed E-state index contributed by atoms with van der Waals surface area (Å²) >= 11 is 0. The van der Waals surface area contributed by atoms with E-state index in [1.165, 1.54) is 12.1 Å². The zero-order chi connectivity index (χ0) is 25.9. The fourth-order valence-electron chi connectivity index (χ4n) is 4.76. The highest BCUT2D eigenvalue weighted by molar-refractivity contribution is 5.55. The minimum absolute atomic E-state index is 0.343. The maximum atomic E-state index is 13.6. The Morgan fingerprint density at radius 1 is 1.03 bits per heavy atom.